The van der Waals surface area contributed by atoms with Gasteiger partial charge in [-0.05, 0) is 19.1 Å². The van der Waals surface area contributed by atoms with Crippen LogP contribution in [0, 0.1) is 0 Å². The van der Waals surface area contributed by atoms with Crippen LogP contribution >= 0.6 is 0 Å². The van der Waals surface area contributed by atoms with Crippen LogP contribution in [0.3, 0.4) is 0 Å². The fourth-order valence-corrected chi connectivity index (χ4v) is 2.20. The molecule has 8 heteroatoms. The van der Waals surface area contributed by atoms with Gasteiger partial charge in [-0.2, -0.15) is 13.2 Å². The number of nitrogens with two attached hydrogens (primary N) is 1. The number of hydrogen-bond donors (Lipinski definition) is 2. The van der Waals surface area contributed by atoms with Gasteiger partial charge in [0, 0.05) is 13.1 Å². The van der Waals surface area contributed by atoms with Gasteiger partial charge in [-0.25, -0.2) is 4.98 Å². The summed E-state index contributed by atoms with van der Waals surface area (Å²) >= 11 is 0. The number of aliphatic hydroxyl groups is 1. The van der Waals surface area contributed by atoms with Crippen molar-refractivity contribution >= 4 is 11.6 Å². The second-order valence-corrected chi connectivity index (χ2v) is 4.79. The number of nitrogen functional groups attached to an aromatic ring is 1. The van der Waals surface area contributed by atoms with Gasteiger partial charge in [0.05, 0.1) is 24.4 Å². The maximum absolute atomic E-state index is 12.8. The van der Waals surface area contributed by atoms with Crippen LogP contribution in [0.15, 0.2) is 12.1 Å². The lowest BCUT2D eigenvalue weighted by atomic mass is 10.2. The lowest BCUT2D eigenvalue weighted by Crippen LogP contribution is -2.48. The molecule has 0 saturated carbocycles. The zero-order chi connectivity index (χ0) is 14.9. The second kappa shape index (κ2) is 5.45. The standard InChI is InChI=1S/C12H16F3N3O2/c1-7-4-18(5-9(6-19)20-7)11-3-8(12(13,14)15)2-10(16)17-11/h2-3,7,9,19H,4-6H2,1H3,(H2,16,17). The number of rotatable bonds is 2. The van der Waals surface area contributed by atoms with Crippen LogP contribution in [-0.4, -0.2) is 42.0 Å². The number of aliphatic hydroxyl groups excluding tert-OH is 1. The third-order valence-corrected chi connectivity index (χ3v) is 3.01. The Morgan fingerprint density at radius 2 is 2.15 bits per heavy atom. The molecule has 20 heavy (non-hydrogen) atoms. The number of aromatic nitrogens is 1. The molecule has 0 spiro atoms. The summed E-state index contributed by atoms with van der Waals surface area (Å²) in [4.78, 5) is 5.58. The molecule has 1 aliphatic rings. The topological polar surface area (TPSA) is 71.6 Å². The maximum Gasteiger partial charge on any atom is 0.416 e. The molecule has 0 aliphatic carbocycles. The molecule has 2 unspecified atom stereocenters. The smallest absolute Gasteiger partial charge is 0.394 e. The van der Waals surface area contributed by atoms with Gasteiger partial charge in [-0.3, -0.25) is 0 Å². The molecule has 2 heterocycles. The fourth-order valence-electron chi connectivity index (χ4n) is 2.20. The lowest BCUT2D eigenvalue weighted by molar-refractivity contribution is -0.137. The minimum absolute atomic E-state index is 0.144. The summed E-state index contributed by atoms with van der Waals surface area (Å²) in [6.45, 7) is 2.25. The van der Waals surface area contributed by atoms with Crippen molar-refractivity contribution in [2.24, 2.45) is 0 Å². The summed E-state index contributed by atoms with van der Waals surface area (Å²) < 4.78 is 43.7. The Kier molecular flexibility index (Phi) is 4.05. The minimum atomic E-state index is -4.47. The van der Waals surface area contributed by atoms with Crippen molar-refractivity contribution in [3.63, 3.8) is 0 Å². The van der Waals surface area contributed by atoms with Gasteiger partial charge in [-0.15, -0.1) is 0 Å². The van der Waals surface area contributed by atoms with Crippen molar-refractivity contribution in [1.82, 2.24) is 4.98 Å². The maximum atomic E-state index is 12.8. The number of nitrogens with zero attached hydrogens (tertiary/aromatic N) is 2. The van der Waals surface area contributed by atoms with Crippen LogP contribution in [0.1, 0.15) is 12.5 Å². The highest BCUT2D eigenvalue weighted by Crippen LogP contribution is 2.32. The van der Waals surface area contributed by atoms with Crippen molar-refractivity contribution in [2.45, 2.75) is 25.3 Å². The normalized spacial score (nSPS) is 23.9. The van der Waals surface area contributed by atoms with Gasteiger partial charge in [0.1, 0.15) is 11.6 Å². The molecule has 5 nitrogen and oxygen atoms in total. The monoisotopic (exact) mass is 291 g/mol. The highest BCUT2D eigenvalue weighted by atomic mass is 19.4. The molecule has 112 valence electrons. The largest absolute Gasteiger partial charge is 0.416 e. The number of pyridine rings is 1. The molecular weight excluding hydrogens is 275 g/mol. The predicted molar refractivity (Wildman–Crippen MR) is 67.3 cm³/mol. The van der Waals surface area contributed by atoms with Gasteiger partial charge in [0.15, 0.2) is 0 Å². The highest BCUT2D eigenvalue weighted by Gasteiger charge is 2.33. The number of ether oxygens (including phenoxy) is 1. The van der Waals surface area contributed by atoms with Crippen LogP contribution in [0.4, 0.5) is 24.8 Å². The Hall–Kier alpha value is -1.54. The van der Waals surface area contributed by atoms with E-state index in [2.05, 4.69) is 4.98 Å². The van der Waals surface area contributed by atoms with Crippen molar-refractivity contribution in [1.29, 1.82) is 0 Å². The Bertz CT molecular complexity index is 482. The first-order valence-corrected chi connectivity index (χ1v) is 6.15. The van der Waals surface area contributed by atoms with Gasteiger partial charge < -0.3 is 20.5 Å². The summed E-state index contributed by atoms with van der Waals surface area (Å²) in [5, 5.41) is 9.14. The van der Waals surface area contributed by atoms with E-state index in [4.69, 9.17) is 15.6 Å². The molecular formula is C12H16F3N3O2. The van der Waals surface area contributed by atoms with Gasteiger partial charge >= 0.3 is 6.18 Å². The van der Waals surface area contributed by atoms with Crippen LogP contribution in [0.25, 0.3) is 0 Å². The molecule has 0 aromatic carbocycles. The number of morpholine rings is 1. The number of halogens is 3. The Morgan fingerprint density at radius 3 is 2.75 bits per heavy atom. The first-order chi connectivity index (χ1) is 9.29. The highest BCUT2D eigenvalue weighted by molar-refractivity contribution is 5.49. The van der Waals surface area contributed by atoms with Crippen LogP contribution in [-0.2, 0) is 10.9 Å². The van der Waals surface area contributed by atoms with Crippen LogP contribution in [0.5, 0.6) is 0 Å². The van der Waals surface area contributed by atoms with E-state index < -0.39 is 17.8 Å². The first-order valence-electron chi connectivity index (χ1n) is 6.15. The molecule has 0 bridgehead atoms. The van der Waals surface area contributed by atoms with Crippen LogP contribution in [0.2, 0.25) is 0 Å². The van der Waals surface area contributed by atoms with E-state index >= 15 is 0 Å². The van der Waals surface area contributed by atoms with Crippen molar-refractivity contribution in [3.05, 3.63) is 17.7 Å². The fraction of sp³-hybridized carbons (Fsp3) is 0.583. The Labute approximate surface area is 114 Å². The quantitative estimate of drug-likeness (QED) is 0.858. The molecule has 2 rings (SSSR count). The van der Waals surface area contributed by atoms with E-state index in [1.165, 1.54) is 0 Å². The summed E-state index contributed by atoms with van der Waals surface area (Å²) in [6, 6.07) is 1.76. The van der Waals surface area contributed by atoms with E-state index in [0.29, 0.717) is 6.54 Å². The summed E-state index contributed by atoms with van der Waals surface area (Å²) in [7, 11) is 0. The summed E-state index contributed by atoms with van der Waals surface area (Å²) in [6.07, 6.45) is -5.13. The first kappa shape index (κ1) is 14.9. The van der Waals surface area contributed by atoms with Gasteiger partial charge in [0.2, 0.25) is 0 Å². The van der Waals surface area contributed by atoms with E-state index in [-0.39, 0.29) is 30.9 Å². The number of alkyl halides is 3. The number of hydrogen-bond acceptors (Lipinski definition) is 5. The van der Waals surface area contributed by atoms with Gasteiger partial charge in [0.25, 0.3) is 0 Å². The average molecular weight is 291 g/mol. The molecule has 1 aliphatic heterocycles. The second-order valence-electron chi connectivity index (χ2n) is 4.79. The molecule has 1 aromatic rings. The summed E-state index contributed by atoms with van der Waals surface area (Å²) in [5.41, 5.74) is 4.61. The number of anilines is 2. The summed E-state index contributed by atoms with van der Waals surface area (Å²) in [5.74, 6) is -0.0413. The van der Waals surface area contributed by atoms with E-state index in [0.717, 1.165) is 12.1 Å². The van der Waals surface area contributed by atoms with E-state index in [1.807, 2.05) is 0 Å². The lowest BCUT2D eigenvalue weighted by Gasteiger charge is -2.37. The molecule has 0 amide bonds. The third-order valence-electron chi connectivity index (χ3n) is 3.01. The van der Waals surface area contributed by atoms with Gasteiger partial charge in [-0.1, -0.05) is 0 Å². The Morgan fingerprint density at radius 1 is 1.45 bits per heavy atom. The minimum Gasteiger partial charge on any atom is -0.394 e. The molecule has 1 aromatic heterocycles. The molecule has 1 saturated heterocycles. The van der Waals surface area contributed by atoms with Crippen molar-refractivity contribution in [3.8, 4) is 0 Å². The van der Waals surface area contributed by atoms with E-state index in [1.54, 1.807) is 11.8 Å². The molecule has 3 N–H and O–H groups in total. The molecule has 2 atom stereocenters. The van der Waals surface area contributed by atoms with Crippen molar-refractivity contribution in [2.75, 3.05) is 30.3 Å². The average Bonchev–Trinajstić information content (AvgIpc) is 2.36. The SMILES string of the molecule is CC1CN(c2cc(C(F)(F)F)cc(N)n2)CC(CO)O1. The predicted octanol–water partition coefficient (Wildman–Crippen LogP) is 1.27. The third kappa shape index (κ3) is 3.31. The zero-order valence-corrected chi connectivity index (χ0v) is 10.9. The molecule has 1 fully saturated rings. The van der Waals surface area contributed by atoms with Crippen molar-refractivity contribution < 1.29 is 23.0 Å². The Balaban J connectivity index is 2.30. The zero-order valence-electron chi connectivity index (χ0n) is 10.9. The van der Waals surface area contributed by atoms with E-state index in [9.17, 15) is 13.2 Å². The van der Waals surface area contributed by atoms with Crippen LogP contribution < -0.4 is 10.6 Å². The molecule has 0 radical (unpaired) electrons.